The smallest absolute Gasteiger partial charge is 0.219 e. The Kier molecular flexibility index (Phi) is 3.54. The second-order valence-electron chi connectivity index (χ2n) is 3.76. The van der Waals surface area contributed by atoms with Crippen molar-refractivity contribution in [2.24, 2.45) is 0 Å². The molecule has 19 heavy (non-hydrogen) atoms. The molecule has 0 bridgehead atoms. The maximum Gasteiger partial charge on any atom is 0.280 e. The highest BCUT2D eigenvalue weighted by Crippen LogP contribution is 2.25. The van der Waals surface area contributed by atoms with Gasteiger partial charge in [0.05, 0.1) is 11.9 Å². The molecule has 0 spiro atoms. The summed E-state index contributed by atoms with van der Waals surface area (Å²) in [6, 6.07) is 6.65. The average Bonchev–Trinajstić information content (AvgIpc) is 2.76. The molecule has 0 aliphatic rings. The molecule has 2 rings (SSSR count). The molecular weight excluding hydrogens is 309 g/mol. The van der Waals surface area contributed by atoms with Gasteiger partial charge in [-0.1, -0.05) is 17.7 Å². The van der Waals surface area contributed by atoms with E-state index in [1.54, 1.807) is 24.3 Å². The number of hydrogen-bond donors (Lipinski definition) is 0. The molecule has 0 saturated heterocycles. The summed E-state index contributed by atoms with van der Waals surface area (Å²) < 4.78 is 24.2. The number of hydrogen-bond acceptors (Lipinski definition) is 4. The molecule has 1 aromatic heterocycles. The third kappa shape index (κ3) is 2.59. The average molecular weight is 316 g/mol. The van der Waals surface area contributed by atoms with Crippen molar-refractivity contribution in [1.82, 2.24) is 9.78 Å². The van der Waals surface area contributed by atoms with Crippen LogP contribution < -0.4 is 0 Å². The minimum absolute atomic E-state index is 0.119. The second kappa shape index (κ2) is 4.85. The van der Waals surface area contributed by atoms with E-state index >= 15 is 0 Å². The molecule has 0 saturated carbocycles. The van der Waals surface area contributed by atoms with Crippen LogP contribution in [0, 0.1) is 18.3 Å². The summed E-state index contributed by atoms with van der Waals surface area (Å²) in [6.07, 6.45) is 1.14. The van der Waals surface area contributed by atoms with Gasteiger partial charge in [-0.2, -0.15) is 10.4 Å². The van der Waals surface area contributed by atoms with Gasteiger partial charge in [0, 0.05) is 15.7 Å². The van der Waals surface area contributed by atoms with Crippen LogP contribution in [0.25, 0.3) is 5.69 Å². The van der Waals surface area contributed by atoms with Crippen molar-refractivity contribution in [3.8, 4) is 11.8 Å². The molecular formula is C11H7Cl2N3O2S. The van der Waals surface area contributed by atoms with Gasteiger partial charge in [-0.25, -0.2) is 13.1 Å². The van der Waals surface area contributed by atoms with Gasteiger partial charge in [-0.05, 0) is 24.6 Å². The van der Waals surface area contributed by atoms with Gasteiger partial charge in [0.1, 0.15) is 11.6 Å². The first kappa shape index (κ1) is 13.9. The normalized spacial score (nSPS) is 11.3. The molecule has 0 aliphatic heterocycles. The first-order chi connectivity index (χ1) is 8.84. The summed E-state index contributed by atoms with van der Waals surface area (Å²) in [7, 11) is 1.24. The van der Waals surface area contributed by atoms with Crippen LogP contribution in [0.1, 0.15) is 11.1 Å². The Morgan fingerprint density at radius 2 is 2.11 bits per heavy atom. The highest BCUT2D eigenvalue weighted by atomic mass is 35.7. The van der Waals surface area contributed by atoms with Crippen molar-refractivity contribution in [3.63, 3.8) is 0 Å². The van der Waals surface area contributed by atoms with E-state index in [0.29, 0.717) is 10.7 Å². The molecule has 0 aliphatic carbocycles. The molecule has 1 aromatic carbocycles. The predicted molar refractivity (Wildman–Crippen MR) is 71.1 cm³/mol. The summed E-state index contributed by atoms with van der Waals surface area (Å²) in [5.74, 6) is 0. The third-order valence-corrected chi connectivity index (χ3v) is 4.18. The topological polar surface area (TPSA) is 75.8 Å². The van der Waals surface area contributed by atoms with E-state index in [1.807, 2.05) is 6.92 Å². The Labute approximate surface area is 119 Å². The van der Waals surface area contributed by atoms with Crippen LogP contribution in [0.5, 0.6) is 0 Å². The highest BCUT2D eigenvalue weighted by molar-refractivity contribution is 8.13. The minimum atomic E-state index is -4.10. The molecule has 5 nitrogen and oxygen atoms in total. The molecule has 1 heterocycles. The van der Waals surface area contributed by atoms with E-state index in [9.17, 15) is 8.42 Å². The third-order valence-electron chi connectivity index (χ3n) is 2.48. The van der Waals surface area contributed by atoms with E-state index in [-0.39, 0.29) is 10.6 Å². The van der Waals surface area contributed by atoms with Crippen molar-refractivity contribution in [1.29, 1.82) is 5.26 Å². The summed E-state index contributed by atoms with van der Waals surface area (Å²) in [6.45, 7) is 1.81. The zero-order valence-corrected chi connectivity index (χ0v) is 12.0. The number of nitrogens with zero attached hydrogens (tertiary/aromatic N) is 3. The van der Waals surface area contributed by atoms with Crippen LogP contribution in [0.4, 0.5) is 0 Å². The van der Waals surface area contributed by atoms with E-state index < -0.39 is 9.05 Å². The largest absolute Gasteiger partial charge is 0.280 e. The molecule has 8 heteroatoms. The number of benzene rings is 1. The van der Waals surface area contributed by atoms with Crippen LogP contribution in [0.2, 0.25) is 5.02 Å². The van der Waals surface area contributed by atoms with Crippen LogP contribution in [0.15, 0.2) is 29.4 Å². The number of halogens is 2. The van der Waals surface area contributed by atoms with Crippen LogP contribution in [0.3, 0.4) is 0 Å². The Bertz CT molecular complexity index is 791. The predicted octanol–water partition coefficient (Wildman–Crippen LogP) is 2.63. The highest BCUT2D eigenvalue weighted by Gasteiger charge is 2.23. The van der Waals surface area contributed by atoms with Gasteiger partial charge >= 0.3 is 0 Å². The van der Waals surface area contributed by atoms with E-state index in [1.165, 1.54) is 0 Å². The standard InChI is InChI=1S/C11H7Cl2N3O2S/c1-7-2-3-9(4-10(7)12)16-11(19(13,17)18)8(5-14)6-15-16/h2-4,6H,1H3. The lowest BCUT2D eigenvalue weighted by Gasteiger charge is -2.07. The van der Waals surface area contributed by atoms with Crippen LogP contribution in [-0.2, 0) is 9.05 Å². The molecule has 0 unspecified atom stereocenters. The molecule has 2 aromatic rings. The van der Waals surface area contributed by atoms with Gasteiger partial charge in [0.15, 0.2) is 5.03 Å². The Morgan fingerprint density at radius 3 is 2.63 bits per heavy atom. The molecule has 0 amide bonds. The monoisotopic (exact) mass is 315 g/mol. The number of aryl methyl sites for hydroxylation is 1. The fraction of sp³-hybridized carbons (Fsp3) is 0.0909. The molecule has 0 radical (unpaired) electrons. The lowest BCUT2D eigenvalue weighted by Crippen LogP contribution is -2.06. The first-order valence-electron chi connectivity index (χ1n) is 5.04. The fourth-order valence-electron chi connectivity index (χ4n) is 1.55. The van der Waals surface area contributed by atoms with Gasteiger partial charge in [0.2, 0.25) is 0 Å². The summed E-state index contributed by atoms with van der Waals surface area (Å²) >= 11 is 5.98. The molecule has 98 valence electrons. The van der Waals surface area contributed by atoms with Crippen LogP contribution >= 0.6 is 22.3 Å². The lowest BCUT2D eigenvalue weighted by molar-refractivity contribution is 0.599. The quantitative estimate of drug-likeness (QED) is 0.798. The van der Waals surface area contributed by atoms with E-state index in [0.717, 1.165) is 16.4 Å². The number of rotatable bonds is 2. The Balaban J connectivity index is 2.74. The van der Waals surface area contributed by atoms with Crippen molar-refractivity contribution in [3.05, 3.63) is 40.5 Å². The SMILES string of the molecule is Cc1ccc(-n2ncc(C#N)c2S(=O)(=O)Cl)cc1Cl. The Morgan fingerprint density at radius 1 is 1.42 bits per heavy atom. The molecule has 0 fully saturated rings. The molecule has 0 atom stereocenters. The van der Waals surface area contributed by atoms with E-state index in [2.05, 4.69) is 5.10 Å². The van der Waals surface area contributed by atoms with Crippen molar-refractivity contribution in [2.45, 2.75) is 11.9 Å². The van der Waals surface area contributed by atoms with Crippen LogP contribution in [-0.4, -0.2) is 18.2 Å². The van der Waals surface area contributed by atoms with Gasteiger partial charge in [-0.15, -0.1) is 0 Å². The zero-order valence-electron chi connectivity index (χ0n) is 9.63. The fourth-order valence-corrected chi connectivity index (χ4v) is 2.89. The maximum atomic E-state index is 11.5. The number of aromatic nitrogens is 2. The first-order valence-corrected chi connectivity index (χ1v) is 7.72. The summed E-state index contributed by atoms with van der Waals surface area (Å²) in [4.78, 5) is 0. The van der Waals surface area contributed by atoms with E-state index in [4.69, 9.17) is 27.5 Å². The zero-order chi connectivity index (χ0) is 14.2. The van der Waals surface area contributed by atoms with Gasteiger partial charge < -0.3 is 0 Å². The van der Waals surface area contributed by atoms with Crippen molar-refractivity contribution < 1.29 is 8.42 Å². The lowest BCUT2D eigenvalue weighted by atomic mass is 10.2. The van der Waals surface area contributed by atoms with Gasteiger partial charge in [-0.3, -0.25) is 0 Å². The Hall–Kier alpha value is -1.55. The maximum absolute atomic E-state index is 11.5. The molecule has 0 N–H and O–H groups in total. The van der Waals surface area contributed by atoms with Crippen molar-refractivity contribution >= 4 is 31.3 Å². The summed E-state index contributed by atoms with van der Waals surface area (Å²) in [5.41, 5.74) is 1.14. The van der Waals surface area contributed by atoms with Crippen molar-refractivity contribution in [2.75, 3.05) is 0 Å². The minimum Gasteiger partial charge on any atom is -0.219 e. The summed E-state index contributed by atoms with van der Waals surface area (Å²) in [5, 5.41) is 12.9. The second-order valence-corrected chi connectivity index (χ2v) is 6.65. The van der Waals surface area contributed by atoms with Gasteiger partial charge in [0.25, 0.3) is 9.05 Å². The number of nitriles is 1.